The molecule has 0 aliphatic carbocycles. The van der Waals surface area contributed by atoms with Crippen LogP contribution in [0.3, 0.4) is 0 Å². The number of anilines is 1. The molecule has 1 amide bonds. The number of nitrogens with zero attached hydrogens (tertiary/aromatic N) is 3. The summed E-state index contributed by atoms with van der Waals surface area (Å²) in [5.74, 6) is 5.24. The highest BCUT2D eigenvalue weighted by Crippen LogP contribution is 2.35. The SMILES string of the molecule is CC(=O)Nc1cc(-c2cccc3ccccc23)c2nc(/C(N=N)=N/N)ccc2c1. The Morgan fingerprint density at radius 1 is 1.00 bits per heavy atom. The van der Waals surface area contributed by atoms with Gasteiger partial charge in [0.1, 0.15) is 5.69 Å². The molecule has 0 radical (unpaired) electrons. The number of hydrogen-bond donors (Lipinski definition) is 3. The average molecular weight is 382 g/mol. The first-order chi connectivity index (χ1) is 14.1. The summed E-state index contributed by atoms with van der Waals surface area (Å²) < 4.78 is 0. The highest BCUT2D eigenvalue weighted by atomic mass is 16.1. The van der Waals surface area contributed by atoms with E-state index in [-0.39, 0.29) is 11.7 Å². The number of aromatic nitrogens is 1. The average Bonchev–Trinajstić information content (AvgIpc) is 2.73. The Labute approximate surface area is 166 Å². The molecule has 0 bridgehead atoms. The van der Waals surface area contributed by atoms with Crippen molar-refractivity contribution >= 4 is 39.1 Å². The molecule has 3 aromatic carbocycles. The highest BCUT2D eigenvalue weighted by molar-refractivity contribution is 6.08. The number of fused-ring (bicyclic) bond motifs is 2. The van der Waals surface area contributed by atoms with Crippen LogP contribution in [0, 0.1) is 5.53 Å². The van der Waals surface area contributed by atoms with Crippen molar-refractivity contribution in [1.29, 1.82) is 5.53 Å². The molecule has 4 aromatic rings. The molecule has 0 fully saturated rings. The van der Waals surface area contributed by atoms with Gasteiger partial charge in [-0.15, -0.1) is 5.11 Å². The Hall–Kier alpha value is -4.13. The lowest BCUT2D eigenvalue weighted by molar-refractivity contribution is -0.114. The monoisotopic (exact) mass is 382 g/mol. The van der Waals surface area contributed by atoms with Crippen LogP contribution in [0.1, 0.15) is 12.6 Å². The van der Waals surface area contributed by atoms with E-state index in [1.165, 1.54) is 6.92 Å². The molecule has 0 atom stereocenters. The molecule has 0 spiro atoms. The second kappa shape index (κ2) is 7.47. The van der Waals surface area contributed by atoms with E-state index in [1.54, 1.807) is 6.07 Å². The maximum Gasteiger partial charge on any atom is 0.221 e. The lowest BCUT2D eigenvalue weighted by Crippen LogP contribution is -2.07. The number of hydrazone groups is 1. The lowest BCUT2D eigenvalue weighted by atomic mass is 9.95. The van der Waals surface area contributed by atoms with Crippen molar-refractivity contribution in [3.8, 4) is 11.1 Å². The Kier molecular flexibility index (Phi) is 4.70. The van der Waals surface area contributed by atoms with Crippen molar-refractivity contribution < 1.29 is 4.79 Å². The zero-order valence-electron chi connectivity index (χ0n) is 15.7. The topological polar surface area (TPSA) is 117 Å². The Balaban J connectivity index is 2.06. The Bertz CT molecular complexity index is 1290. The van der Waals surface area contributed by atoms with Crippen LogP contribution in [-0.2, 0) is 4.79 Å². The number of nitrogens with one attached hydrogen (secondary N) is 2. The predicted molar refractivity (Wildman–Crippen MR) is 115 cm³/mol. The van der Waals surface area contributed by atoms with Crippen molar-refractivity contribution in [1.82, 2.24) is 4.98 Å². The van der Waals surface area contributed by atoms with Crippen LogP contribution in [0.5, 0.6) is 0 Å². The molecule has 0 aliphatic rings. The third-order valence-electron chi connectivity index (χ3n) is 4.65. The minimum absolute atomic E-state index is 0.0432. The first kappa shape index (κ1) is 18.2. The molecule has 7 nitrogen and oxygen atoms in total. The number of amides is 1. The van der Waals surface area contributed by atoms with Crippen molar-refractivity contribution in [2.75, 3.05) is 5.32 Å². The summed E-state index contributed by atoms with van der Waals surface area (Å²) in [6.45, 7) is 1.48. The molecule has 0 aliphatic heterocycles. The van der Waals surface area contributed by atoms with Crippen LogP contribution in [-0.4, -0.2) is 16.7 Å². The Morgan fingerprint density at radius 3 is 2.55 bits per heavy atom. The van der Waals surface area contributed by atoms with Gasteiger partial charge in [-0.2, -0.15) is 5.10 Å². The van der Waals surface area contributed by atoms with Crippen molar-refractivity contribution in [2.24, 2.45) is 16.1 Å². The van der Waals surface area contributed by atoms with Crippen molar-refractivity contribution in [3.63, 3.8) is 0 Å². The van der Waals surface area contributed by atoms with Crippen molar-refractivity contribution in [2.45, 2.75) is 6.92 Å². The van der Waals surface area contributed by atoms with E-state index in [4.69, 9.17) is 11.4 Å². The highest BCUT2D eigenvalue weighted by Gasteiger charge is 2.14. The van der Waals surface area contributed by atoms with Gasteiger partial charge in [-0.1, -0.05) is 48.5 Å². The summed E-state index contributed by atoms with van der Waals surface area (Å²) in [5, 5.41) is 12.7. The van der Waals surface area contributed by atoms with E-state index in [9.17, 15) is 4.79 Å². The van der Waals surface area contributed by atoms with Gasteiger partial charge in [0.25, 0.3) is 0 Å². The quantitative estimate of drug-likeness (QED) is 0.157. The zero-order chi connectivity index (χ0) is 20.4. The number of amidine groups is 1. The van der Waals surface area contributed by atoms with Crippen LogP contribution in [0.25, 0.3) is 32.8 Å². The van der Waals surface area contributed by atoms with Gasteiger partial charge in [-0.25, -0.2) is 10.5 Å². The second-order valence-corrected chi connectivity index (χ2v) is 6.56. The van der Waals surface area contributed by atoms with E-state index in [1.807, 2.05) is 42.5 Å². The minimum atomic E-state index is -0.150. The number of hydrogen-bond acceptors (Lipinski definition) is 5. The number of nitrogens with two attached hydrogens (primary N) is 1. The molecule has 29 heavy (non-hydrogen) atoms. The molecule has 4 N–H and O–H groups in total. The number of rotatable bonds is 3. The molecule has 0 saturated heterocycles. The first-order valence-electron chi connectivity index (χ1n) is 8.97. The van der Waals surface area contributed by atoms with E-state index in [2.05, 4.69) is 38.7 Å². The smallest absolute Gasteiger partial charge is 0.221 e. The standard InChI is InChI=1S/C22H18N6O/c1-13(29)25-16-11-15-9-10-20(22(27-23)28-24)26-21(15)19(12-16)18-8-4-6-14-5-2-3-7-17(14)18/h2-12,23H,24H2,1H3,(H,25,29)/b27-23?,28-22-. The molecule has 142 valence electrons. The summed E-state index contributed by atoms with van der Waals surface area (Å²) in [7, 11) is 0. The number of carbonyl (C=O) groups excluding carboxylic acids is 1. The van der Waals surface area contributed by atoms with Gasteiger partial charge >= 0.3 is 0 Å². The Morgan fingerprint density at radius 2 is 1.79 bits per heavy atom. The van der Waals surface area contributed by atoms with Crippen molar-refractivity contribution in [3.05, 3.63) is 72.4 Å². The summed E-state index contributed by atoms with van der Waals surface area (Å²) in [6.07, 6.45) is 0. The van der Waals surface area contributed by atoms with E-state index in [0.29, 0.717) is 16.9 Å². The van der Waals surface area contributed by atoms with Gasteiger partial charge in [-0.3, -0.25) is 4.79 Å². The fourth-order valence-electron chi connectivity index (χ4n) is 3.45. The summed E-state index contributed by atoms with van der Waals surface area (Å²) >= 11 is 0. The fraction of sp³-hybridized carbons (Fsp3) is 0.0455. The van der Waals surface area contributed by atoms with E-state index in [0.717, 1.165) is 27.3 Å². The molecular formula is C22H18N6O. The lowest BCUT2D eigenvalue weighted by Gasteiger charge is -2.13. The largest absolute Gasteiger partial charge is 0.326 e. The maximum atomic E-state index is 11.6. The van der Waals surface area contributed by atoms with E-state index >= 15 is 0 Å². The van der Waals surface area contributed by atoms with Crippen LogP contribution in [0.15, 0.2) is 76.9 Å². The third-order valence-corrected chi connectivity index (χ3v) is 4.65. The van der Waals surface area contributed by atoms with Gasteiger partial charge in [0.05, 0.1) is 5.52 Å². The molecule has 7 heteroatoms. The van der Waals surface area contributed by atoms with Gasteiger partial charge in [0, 0.05) is 23.6 Å². The second-order valence-electron chi connectivity index (χ2n) is 6.56. The molecule has 0 unspecified atom stereocenters. The normalized spacial score (nSPS) is 11.6. The number of carbonyl (C=O) groups is 1. The molecular weight excluding hydrogens is 364 g/mol. The summed E-state index contributed by atoms with van der Waals surface area (Å²) in [4.78, 5) is 16.3. The van der Waals surface area contributed by atoms with Crippen LogP contribution in [0.4, 0.5) is 5.69 Å². The first-order valence-corrected chi connectivity index (χ1v) is 8.97. The molecule has 4 rings (SSSR count). The fourth-order valence-corrected chi connectivity index (χ4v) is 3.45. The third kappa shape index (κ3) is 3.41. The maximum absolute atomic E-state index is 11.6. The zero-order valence-corrected chi connectivity index (χ0v) is 15.7. The molecule has 1 heterocycles. The summed E-state index contributed by atoms with van der Waals surface area (Å²) in [5.41, 5.74) is 10.9. The predicted octanol–water partition coefficient (Wildman–Crippen LogP) is 4.66. The van der Waals surface area contributed by atoms with Crippen LogP contribution in [0.2, 0.25) is 0 Å². The van der Waals surface area contributed by atoms with E-state index < -0.39 is 0 Å². The van der Waals surface area contributed by atoms with Gasteiger partial charge in [0.15, 0.2) is 0 Å². The van der Waals surface area contributed by atoms with Gasteiger partial charge in [-0.05, 0) is 34.5 Å². The van der Waals surface area contributed by atoms with Crippen LogP contribution >= 0.6 is 0 Å². The number of benzene rings is 3. The molecule has 0 saturated carbocycles. The van der Waals surface area contributed by atoms with Crippen LogP contribution < -0.4 is 11.2 Å². The number of pyridine rings is 1. The minimum Gasteiger partial charge on any atom is -0.326 e. The molecule has 1 aromatic heterocycles. The van der Waals surface area contributed by atoms with Gasteiger partial charge < -0.3 is 11.2 Å². The summed E-state index contributed by atoms with van der Waals surface area (Å²) in [6, 6.07) is 21.5. The van der Waals surface area contributed by atoms with Gasteiger partial charge in [0.2, 0.25) is 11.7 Å².